The van der Waals surface area contributed by atoms with E-state index in [0.717, 1.165) is 11.4 Å². The molecule has 114 valence electrons. The van der Waals surface area contributed by atoms with Crippen molar-refractivity contribution in [2.45, 2.75) is 32.9 Å². The molecule has 0 saturated carbocycles. The summed E-state index contributed by atoms with van der Waals surface area (Å²) in [7, 11) is 1.67. The first-order valence-electron chi connectivity index (χ1n) is 6.82. The van der Waals surface area contributed by atoms with Gasteiger partial charge in [0.1, 0.15) is 11.6 Å². The molecule has 0 spiro atoms. The molecule has 3 nitrogen and oxygen atoms in total. The van der Waals surface area contributed by atoms with Crippen molar-refractivity contribution in [3.63, 3.8) is 0 Å². The highest BCUT2D eigenvalue weighted by molar-refractivity contribution is 6.31. The molecule has 2 aromatic rings. The van der Waals surface area contributed by atoms with E-state index in [-0.39, 0.29) is 5.56 Å². The summed E-state index contributed by atoms with van der Waals surface area (Å²) in [5, 5.41) is 7.83. The van der Waals surface area contributed by atoms with Crippen LogP contribution in [0.15, 0.2) is 18.2 Å². The van der Waals surface area contributed by atoms with Crippen LogP contribution >= 0.6 is 11.6 Å². The van der Waals surface area contributed by atoms with E-state index in [2.05, 4.69) is 10.4 Å². The van der Waals surface area contributed by atoms with Crippen LogP contribution in [-0.4, -0.2) is 16.8 Å². The van der Waals surface area contributed by atoms with Crippen molar-refractivity contribution in [3.05, 3.63) is 51.8 Å². The molecule has 0 radical (unpaired) electrons. The summed E-state index contributed by atoms with van der Waals surface area (Å²) in [5.41, 5.74) is 1.52. The van der Waals surface area contributed by atoms with E-state index in [1.54, 1.807) is 11.7 Å². The molecule has 0 saturated heterocycles. The van der Waals surface area contributed by atoms with E-state index >= 15 is 0 Å². The van der Waals surface area contributed by atoms with E-state index in [1.165, 1.54) is 18.2 Å². The molecule has 1 aromatic carbocycles. The number of aryl methyl sites for hydroxylation is 2. The largest absolute Gasteiger partial charge is 0.312 e. The third-order valence-corrected chi connectivity index (χ3v) is 4.04. The van der Waals surface area contributed by atoms with Gasteiger partial charge in [0, 0.05) is 24.6 Å². The Labute approximate surface area is 127 Å². The standard InChI is InChI=1S/C15H18ClF2N3/c1-4-21-13(15(16)9(2)20-21)8-12(19-3)14-10(17)6-5-7-11(14)18/h5-7,12,19H,4,8H2,1-3H3. The minimum Gasteiger partial charge on any atom is -0.312 e. The first-order valence-corrected chi connectivity index (χ1v) is 7.20. The van der Waals surface area contributed by atoms with Crippen LogP contribution in [0.25, 0.3) is 0 Å². The molecule has 0 aliphatic rings. The second-order valence-corrected chi connectivity index (χ2v) is 5.22. The van der Waals surface area contributed by atoms with Crippen LogP contribution in [0.4, 0.5) is 8.78 Å². The number of hydrogen-bond acceptors (Lipinski definition) is 2. The summed E-state index contributed by atoms with van der Waals surface area (Å²) < 4.78 is 29.7. The van der Waals surface area contributed by atoms with Crippen LogP contribution in [0.3, 0.4) is 0 Å². The van der Waals surface area contributed by atoms with Gasteiger partial charge in [-0.2, -0.15) is 5.10 Å². The molecular formula is C15H18ClF2N3. The topological polar surface area (TPSA) is 29.9 Å². The highest BCUT2D eigenvalue weighted by Crippen LogP contribution is 2.28. The molecule has 0 aliphatic carbocycles. The number of nitrogens with one attached hydrogen (secondary N) is 1. The van der Waals surface area contributed by atoms with Crippen molar-refractivity contribution in [3.8, 4) is 0 Å². The van der Waals surface area contributed by atoms with Crippen LogP contribution in [0, 0.1) is 18.6 Å². The minimum absolute atomic E-state index is 0.0255. The Bertz CT molecular complexity index is 620. The fraction of sp³-hybridized carbons (Fsp3) is 0.400. The third kappa shape index (κ3) is 3.09. The molecule has 1 heterocycles. The van der Waals surface area contributed by atoms with E-state index in [1.807, 2.05) is 13.8 Å². The van der Waals surface area contributed by atoms with Gasteiger partial charge in [-0.1, -0.05) is 17.7 Å². The van der Waals surface area contributed by atoms with Gasteiger partial charge in [0.15, 0.2) is 0 Å². The quantitative estimate of drug-likeness (QED) is 0.913. The molecule has 1 N–H and O–H groups in total. The van der Waals surface area contributed by atoms with Gasteiger partial charge in [-0.05, 0) is 33.0 Å². The molecule has 1 atom stereocenters. The summed E-state index contributed by atoms with van der Waals surface area (Å²) >= 11 is 6.26. The molecule has 1 aromatic heterocycles. The normalized spacial score (nSPS) is 12.7. The summed E-state index contributed by atoms with van der Waals surface area (Å²) in [4.78, 5) is 0. The number of likely N-dealkylation sites (N-methyl/N-ethyl adjacent to an activating group) is 1. The van der Waals surface area contributed by atoms with Crippen molar-refractivity contribution in [2.24, 2.45) is 0 Å². The van der Waals surface area contributed by atoms with Gasteiger partial charge in [0.05, 0.1) is 16.4 Å². The smallest absolute Gasteiger partial charge is 0.130 e. The molecule has 0 bridgehead atoms. The van der Waals surface area contributed by atoms with Crippen LogP contribution in [0.1, 0.15) is 29.9 Å². The molecular weight excluding hydrogens is 296 g/mol. The predicted octanol–water partition coefficient (Wildman–Crippen LogP) is 3.65. The first kappa shape index (κ1) is 15.9. The Balaban J connectivity index is 2.41. The van der Waals surface area contributed by atoms with E-state index < -0.39 is 17.7 Å². The van der Waals surface area contributed by atoms with Crippen molar-refractivity contribution in [2.75, 3.05) is 7.05 Å². The number of halogens is 3. The lowest BCUT2D eigenvalue weighted by molar-refractivity contribution is 0.476. The fourth-order valence-electron chi connectivity index (χ4n) is 2.45. The number of aromatic nitrogens is 2. The van der Waals surface area contributed by atoms with Gasteiger partial charge in [-0.3, -0.25) is 4.68 Å². The first-order chi connectivity index (χ1) is 9.99. The van der Waals surface area contributed by atoms with Crippen molar-refractivity contribution in [1.29, 1.82) is 0 Å². The molecule has 1 unspecified atom stereocenters. The third-order valence-electron chi connectivity index (χ3n) is 3.55. The average molecular weight is 314 g/mol. The lowest BCUT2D eigenvalue weighted by Crippen LogP contribution is -2.23. The Hall–Kier alpha value is -1.46. The van der Waals surface area contributed by atoms with Crippen molar-refractivity contribution < 1.29 is 8.78 Å². The van der Waals surface area contributed by atoms with Crippen molar-refractivity contribution >= 4 is 11.6 Å². The zero-order valence-electron chi connectivity index (χ0n) is 12.3. The molecule has 0 amide bonds. The van der Waals surface area contributed by atoms with E-state index in [4.69, 9.17) is 11.6 Å². The molecule has 2 rings (SSSR count). The van der Waals surface area contributed by atoms with Crippen LogP contribution in [0.5, 0.6) is 0 Å². The van der Waals surface area contributed by atoms with Gasteiger partial charge in [-0.25, -0.2) is 8.78 Å². The maximum Gasteiger partial charge on any atom is 0.130 e. The Kier molecular flexibility index (Phi) is 4.96. The lowest BCUT2D eigenvalue weighted by Gasteiger charge is -2.19. The van der Waals surface area contributed by atoms with Gasteiger partial charge in [0.2, 0.25) is 0 Å². The maximum atomic E-state index is 13.9. The van der Waals surface area contributed by atoms with Gasteiger partial charge >= 0.3 is 0 Å². The van der Waals surface area contributed by atoms with E-state index in [0.29, 0.717) is 18.0 Å². The Morgan fingerprint density at radius 2 is 1.95 bits per heavy atom. The summed E-state index contributed by atoms with van der Waals surface area (Å²) in [6, 6.07) is 3.36. The van der Waals surface area contributed by atoms with Gasteiger partial charge in [-0.15, -0.1) is 0 Å². The molecule has 0 aliphatic heterocycles. The summed E-state index contributed by atoms with van der Waals surface area (Å²) in [6.07, 6.45) is 0.363. The van der Waals surface area contributed by atoms with Crippen LogP contribution in [-0.2, 0) is 13.0 Å². The zero-order chi connectivity index (χ0) is 15.6. The SMILES string of the molecule is CCn1nc(C)c(Cl)c1CC(NC)c1c(F)cccc1F. The number of nitrogens with zero attached hydrogens (tertiary/aromatic N) is 2. The number of rotatable bonds is 5. The summed E-state index contributed by atoms with van der Waals surface area (Å²) in [6.45, 7) is 4.42. The maximum absolute atomic E-state index is 13.9. The minimum atomic E-state index is -0.565. The van der Waals surface area contributed by atoms with Crippen molar-refractivity contribution in [1.82, 2.24) is 15.1 Å². The van der Waals surface area contributed by atoms with Gasteiger partial charge in [0.25, 0.3) is 0 Å². The molecule has 21 heavy (non-hydrogen) atoms. The second-order valence-electron chi connectivity index (χ2n) is 4.84. The Morgan fingerprint density at radius 1 is 1.33 bits per heavy atom. The van der Waals surface area contributed by atoms with Crippen LogP contribution in [0.2, 0.25) is 5.02 Å². The average Bonchev–Trinajstić information content (AvgIpc) is 2.73. The highest BCUT2D eigenvalue weighted by atomic mass is 35.5. The zero-order valence-corrected chi connectivity index (χ0v) is 13.0. The fourth-order valence-corrected chi connectivity index (χ4v) is 2.66. The monoisotopic (exact) mass is 313 g/mol. The molecule has 0 fully saturated rings. The lowest BCUT2D eigenvalue weighted by atomic mass is 10.0. The summed E-state index contributed by atoms with van der Waals surface area (Å²) in [5.74, 6) is -1.13. The molecule has 6 heteroatoms. The second kappa shape index (κ2) is 6.54. The predicted molar refractivity (Wildman–Crippen MR) is 79.5 cm³/mol. The van der Waals surface area contributed by atoms with E-state index in [9.17, 15) is 8.78 Å². The number of benzene rings is 1. The Morgan fingerprint density at radius 3 is 2.48 bits per heavy atom. The van der Waals surface area contributed by atoms with Crippen LogP contribution < -0.4 is 5.32 Å². The number of hydrogen-bond donors (Lipinski definition) is 1. The highest BCUT2D eigenvalue weighted by Gasteiger charge is 2.23. The van der Waals surface area contributed by atoms with Gasteiger partial charge < -0.3 is 5.32 Å².